The van der Waals surface area contributed by atoms with Crippen molar-refractivity contribution in [1.82, 2.24) is 0 Å². The monoisotopic (exact) mass is 469 g/mol. The number of rotatable bonds is 4. The molecular formula is C33H27NS. The van der Waals surface area contributed by atoms with Crippen molar-refractivity contribution in [3.8, 4) is 11.1 Å². The molecule has 0 unspecified atom stereocenters. The topological polar surface area (TPSA) is 3.24 Å². The highest BCUT2D eigenvalue weighted by Gasteiger charge is 2.35. The van der Waals surface area contributed by atoms with Gasteiger partial charge in [-0.1, -0.05) is 117 Å². The summed E-state index contributed by atoms with van der Waals surface area (Å²) in [6.45, 7) is 4.69. The zero-order chi connectivity index (χ0) is 23.8. The number of nitrogens with zero attached hydrogens (tertiary/aromatic N) is 1. The molecule has 0 aliphatic carbocycles. The Morgan fingerprint density at radius 2 is 1.09 bits per heavy atom. The largest absolute Gasteiger partial charge is 0.309 e. The van der Waals surface area contributed by atoms with Crippen LogP contribution in [0.2, 0.25) is 0 Å². The fraction of sp³-hybridized carbons (Fsp3) is 0.0909. The van der Waals surface area contributed by atoms with E-state index in [4.69, 9.17) is 0 Å². The molecule has 0 N–H and O–H groups in total. The quantitative estimate of drug-likeness (QED) is 0.258. The van der Waals surface area contributed by atoms with E-state index in [1.807, 2.05) is 11.8 Å². The molecule has 0 saturated heterocycles. The predicted molar refractivity (Wildman–Crippen MR) is 149 cm³/mol. The van der Waals surface area contributed by atoms with Gasteiger partial charge in [-0.15, -0.1) is 0 Å². The molecule has 0 fully saturated rings. The molecule has 1 heterocycles. The SMILES string of the molecule is CC1(C)c2ccccc2Sc2c(N(c3ccccc3)c3ccc(-c4ccccc4)cc3)cccc21. The molecule has 6 rings (SSSR count). The van der Waals surface area contributed by atoms with Crippen molar-refractivity contribution in [2.75, 3.05) is 4.90 Å². The van der Waals surface area contributed by atoms with Gasteiger partial charge < -0.3 is 4.90 Å². The Hall–Kier alpha value is -3.75. The van der Waals surface area contributed by atoms with Crippen molar-refractivity contribution >= 4 is 28.8 Å². The van der Waals surface area contributed by atoms with Crippen LogP contribution in [0, 0.1) is 0 Å². The summed E-state index contributed by atoms with van der Waals surface area (Å²) in [5.41, 5.74) is 8.69. The van der Waals surface area contributed by atoms with Crippen LogP contribution in [0.3, 0.4) is 0 Å². The van der Waals surface area contributed by atoms with Gasteiger partial charge in [0.2, 0.25) is 0 Å². The second-order valence-electron chi connectivity index (χ2n) is 9.46. The molecular weight excluding hydrogens is 442 g/mol. The summed E-state index contributed by atoms with van der Waals surface area (Å²) in [6.07, 6.45) is 0. The lowest BCUT2D eigenvalue weighted by Crippen LogP contribution is -2.25. The first kappa shape index (κ1) is 21.8. The first-order chi connectivity index (χ1) is 17.1. The Labute approximate surface area is 212 Å². The van der Waals surface area contributed by atoms with Crippen LogP contribution in [0.15, 0.2) is 137 Å². The summed E-state index contributed by atoms with van der Waals surface area (Å²) in [6, 6.07) is 45.8. The van der Waals surface area contributed by atoms with Crippen LogP contribution in [0.4, 0.5) is 17.1 Å². The van der Waals surface area contributed by atoms with Crippen molar-refractivity contribution in [3.63, 3.8) is 0 Å². The molecule has 0 aromatic heterocycles. The molecule has 1 aliphatic rings. The highest BCUT2D eigenvalue weighted by atomic mass is 32.2. The van der Waals surface area contributed by atoms with Crippen molar-refractivity contribution < 1.29 is 0 Å². The molecule has 5 aromatic carbocycles. The number of anilines is 3. The van der Waals surface area contributed by atoms with Crippen LogP contribution in [-0.2, 0) is 5.41 Å². The maximum Gasteiger partial charge on any atom is 0.0604 e. The van der Waals surface area contributed by atoms with Gasteiger partial charge in [0.25, 0.3) is 0 Å². The Kier molecular flexibility index (Phi) is 5.47. The van der Waals surface area contributed by atoms with Gasteiger partial charge in [-0.3, -0.25) is 0 Å². The van der Waals surface area contributed by atoms with E-state index in [9.17, 15) is 0 Å². The maximum atomic E-state index is 2.39. The van der Waals surface area contributed by atoms with E-state index < -0.39 is 0 Å². The lowest BCUT2D eigenvalue weighted by Gasteiger charge is -2.37. The minimum atomic E-state index is -0.0628. The van der Waals surface area contributed by atoms with Crippen LogP contribution < -0.4 is 4.90 Å². The van der Waals surface area contributed by atoms with Crippen LogP contribution in [0.25, 0.3) is 11.1 Å². The molecule has 0 radical (unpaired) electrons. The second kappa shape index (κ2) is 8.79. The van der Waals surface area contributed by atoms with Gasteiger partial charge in [-0.05, 0) is 58.7 Å². The van der Waals surface area contributed by atoms with Crippen molar-refractivity contribution in [2.45, 2.75) is 29.1 Å². The van der Waals surface area contributed by atoms with Crippen LogP contribution in [-0.4, -0.2) is 0 Å². The first-order valence-electron chi connectivity index (χ1n) is 12.0. The number of hydrogen-bond donors (Lipinski definition) is 0. The normalized spacial score (nSPS) is 13.5. The molecule has 0 bridgehead atoms. The van der Waals surface area contributed by atoms with Gasteiger partial charge in [0.15, 0.2) is 0 Å². The zero-order valence-electron chi connectivity index (χ0n) is 20.0. The van der Waals surface area contributed by atoms with E-state index in [0.717, 1.165) is 11.4 Å². The summed E-state index contributed by atoms with van der Waals surface area (Å²) in [4.78, 5) is 5.06. The highest BCUT2D eigenvalue weighted by molar-refractivity contribution is 7.99. The van der Waals surface area contributed by atoms with E-state index in [2.05, 4.69) is 146 Å². The molecule has 35 heavy (non-hydrogen) atoms. The lowest BCUT2D eigenvalue weighted by atomic mass is 9.77. The third-order valence-corrected chi connectivity index (χ3v) is 8.14. The predicted octanol–water partition coefficient (Wildman–Crippen LogP) is 9.61. The number of hydrogen-bond acceptors (Lipinski definition) is 2. The molecule has 170 valence electrons. The summed E-state index contributed by atoms with van der Waals surface area (Å²) in [5, 5.41) is 0. The van der Waals surface area contributed by atoms with E-state index in [-0.39, 0.29) is 5.41 Å². The molecule has 0 saturated carbocycles. The lowest BCUT2D eigenvalue weighted by molar-refractivity contribution is 0.607. The van der Waals surface area contributed by atoms with Crippen LogP contribution >= 0.6 is 11.8 Å². The third kappa shape index (κ3) is 3.84. The fourth-order valence-electron chi connectivity index (χ4n) is 5.07. The average Bonchev–Trinajstić information content (AvgIpc) is 2.91. The van der Waals surface area contributed by atoms with E-state index in [0.29, 0.717) is 0 Å². The average molecular weight is 470 g/mol. The molecule has 0 atom stereocenters. The van der Waals surface area contributed by atoms with Crippen molar-refractivity contribution in [2.24, 2.45) is 0 Å². The van der Waals surface area contributed by atoms with Crippen molar-refractivity contribution in [3.05, 3.63) is 139 Å². The van der Waals surface area contributed by atoms with Gasteiger partial charge in [0, 0.05) is 26.6 Å². The molecule has 2 heteroatoms. The van der Waals surface area contributed by atoms with E-state index >= 15 is 0 Å². The smallest absolute Gasteiger partial charge is 0.0604 e. The second-order valence-corrected chi connectivity index (χ2v) is 10.5. The number of para-hydroxylation sites is 1. The third-order valence-electron chi connectivity index (χ3n) is 6.93. The van der Waals surface area contributed by atoms with E-state index in [1.54, 1.807) is 0 Å². The maximum absolute atomic E-state index is 2.39. The zero-order valence-corrected chi connectivity index (χ0v) is 20.8. The Morgan fingerprint density at radius 1 is 0.514 bits per heavy atom. The molecule has 1 nitrogen and oxygen atoms in total. The summed E-state index contributed by atoms with van der Waals surface area (Å²) < 4.78 is 0. The minimum Gasteiger partial charge on any atom is -0.309 e. The molecule has 1 aliphatic heterocycles. The van der Waals surface area contributed by atoms with Gasteiger partial charge in [0.1, 0.15) is 0 Å². The standard InChI is InChI=1S/C33H27NS/c1-33(2)28-16-9-10-19-31(28)35-32-29(33)17-11-18-30(32)34(26-14-7-4-8-15-26)27-22-20-25(21-23-27)24-12-5-3-6-13-24/h3-23H,1-2H3. The van der Waals surface area contributed by atoms with Gasteiger partial charge in [0.05, 0.1) is 5.69 Å². The van der Waals surface area contributed by atoms with E-state index in [1.165, 1.54) is 37.7 Å². The van der Waals surface area contributed by atoms with Gasteiger partial charge in [-0.25, -0.2) is 0 Å². The molecule has 0 amide bonds. The highest BCUT2D eigenvalue weighted by Crippen LogP contribution is 2.53. The number of benzene rings is 5. The summed E-state index contributed by atoms with van der Waals surface area (Å²) >= 11 is 1.89. The fourth-order valence-corrected chi connectivity index (χ4v) is 6.56. The summed E-state index contributed by atoms with van der Waals surface area (Å²) in [7, 11) is 0. The first-order valence-corrected chi connectivity index (χ1v) is 12.9. The van der Waals surface area contributed by atoms with Crippen molar-refractivity contribution in [1.29, 1.82) is 0 Å². The summed E-state index contributed by atoms with van der Waals surface area (Å²) in [5.74, 6) is 0. The molecule has 5 aromatic rings. The van der Waals surface area contributed by atoms with Gasteiger partial charge in [-0.2, -0.15) is 0 Å². The van der Waals surface area contributed by atoms with Crippen LogP contribution in [0.5, 0.6) is 0 Å². The Balaban J connectivity index is 1.51. The molecule has 0 spiro atoms. The number of fused-ring (bicyclic) bond motifs is 2. The Morgan fingerprint density at radius 3 is 1.83 bits per heavy atom. The van der Waals surface area contributed by atoms with Gasteiger partial charge >= 0.3 is 0 Å². The van der Waals surface area contributed by atoms with Crippen LogP contribution in [0.1, 0.15) is 25.0 Å². The Bertz CT molecular complexity index is 1470. The minimum absolute atomic E-state index is 0.0628.